The largest absolute Gasteiger partial charge is 0.497 e. The summed E-state index contributed by atoms with van der Waals surface area (Å²) >= 11 is 0. The fraction of sp³-hybridized carbons (Fsp3) is 0.636. The second-order valence-corrected chi connectivity index (χ2v) is 8.49. The van der Waals surface area contributed by atoms with E-state index < -0.39 is 12.1 Å². The Kier molecular flexibility index (Phi) is 7.66. The van der Waals surface area contributed by atoms with Crippen molar-refractivity contribution in [2.75, 3.05) is 40.4 Å². The van der Waals surface area contributed by atoms with Gasteiger partial charge in [0.25, 0.3) is 5.91 Å². The monoisotopic (exact) mass is 458 g/mol. The fourth-order valence-electron chi connectivity index (χ4n) is 4.49. The highest BCUT2D eigenvalue weighted by molar-refractivity contribution is 5.94. The van der Waals surface area contributed by atoms with Gasteiger partial charge < -0.3 is 24.4 Å². The topological polar surface area (TPSA) is 79.3 Å². The van der Waals surface area contributed by atoms with Gasteiger partial charge in [0.2, 0.25) is 0 Å². The first-order valence-electron chi connectivity index (χ1n) is 10.6. The molecule has 3 aliphatic rings. The van der Waals surface area contributed by atoms with Crippen LogP contribution in [-0.2, 0) is 9.53 Å². The van der Waals surface area contributed by atoms with Gasteiger partial charge >= 0.3 is 12.1 Å². The van der Waals surface area contributed by atoms with Crippen LogP contribution in [0, 0.1) is 11.8 Å². The van der Waals surface area contributed by atoms with E-state index in [1.165, 1.54) is 19.4 Å². The lowest BCUT2D eigenvalue weighted by Gasteiger charge is -2.41. The predicted octanol–water partition coefficient (Wildman–Crippen LogP) is 2.90. The van der Waals surface area contributed by atoms with Crippen molar-refractivity contribution in [1.29, 1.82) is 0 Å². The molecule has 178 valence electrons. The van der Waals surface area contributed by atoms with Crippen LogP contribution >= 0.6 is 0 Å². The summed E-state index contributed by atoms with van der Waals surface area (Å²) in [5, 5.41) is 7.12. The molecule has 32 heavy (non-hydrogen) atoms. The van der Waals surface area contributed by atoms with Gasteiger partial charge in [-0.2, -0.15) is 13.2 Å². The average Bonchev–Trinajstić information content (AvgIpc) is 3.47. The van der Waals surface area contributed by atoms with Gasteiger partial charge in [-0.3, -0.25) is 4.79 Å². The van der Waals surface area contributed by atoms with E-state index in [1.54, 1.807) is 7.11 Å². The molecule has 1 saturated carbocycles. The Labute approximate surface area is 185 Å². The Morgan fingerprint density at radius 2 is 1.72 bits per heavy atom. The van der Waals surface area contributed by atoms with Crippen molar-refractivity contribution >= 4 is 11.9 Å². The van der Waals surface area contributed by atoms with Crippen LogP contribution in [0.15, 0.2) is 24.3 Å². The van der Waals surface area contributed by atoms with Crippen molar-refractivity contribution in [3.8, 4) is 5.75 Å². The number of hydrogen-bond acceptors (Lipinski definition) is 5. The summed E-state index contributed by atoms with van der Waals surface area (Å²) in [6.45, 7) is 4.02. The summed E-state index contributed by atoms with van der Waals surface area (Å²) in [6, 6.07) is 7.74. The highest BCUT2D eigenvalue weighted by Gasteiger charge is 2.46. The third-order valence-corrected chi connectivity index (χ3v) is 6.30. The number of alkyl halides is 3. The number of amides is 1. The number of carboxylic acid groups (broad SMARTS) is 1. The van der Waals surface area contributed by atoms with Crippen LogP contribution in [0.3, 0.4) is 0 Å². The van der Waals surface area contributed by atoms with Gasteiger partial charge in [0.15, 0.2) is 0 Å². The third kappa shape index (κ3) is 5.92. The molecule has 0 radical (unpaired) electrons. The normalized spacial score (nSPS) is 25.5. The standard InChI is InChI=1S/C20H28N2O3.C2HF3O2/c1-24-16-7-5-15(6-8-16)20(23)22-10-9-19(25-2)17-12-21(13-18(17)22)11-14-3-4-14;3-2(4,5)1(6)7/h5-8,14,17-19H,3-4,9-13H2,1-2H3;(H,6,7)/t17-,18+,19+;/m0./s1. The lowest BCUT2D eigenvalue weighted by atomic mass is 9.88. The van der Waals surface area contributed by atoms with Gasteiger partial charge in [-0.15, -0.1) is 0 Å². The van der Waals surface area contributed by atoms with Crippen LogP contribution in [0.5, 0.6) is 5.75 Å². The van der Waals surface area contributed by atoms with E-state index >= 15 is 0 Å². The minimum atomic E-state index is -5.08. The zero-order chi connectivity index (χ0) is 23.5. The number of fused-ring (bicyclic) bond motifs is 1. The molecule has 1 aliphatic carbocycles. The second-order valence-electron chi connectivity index (χ2n) is 8.49. The summed E-state index contributed by atoms with van der Waals surface area (Å²) in [4.78, 5) is 26.6. The van der Waals surface area contributed by atoms with Gasteiger partial charge in [-0.1, -0.05) is 0 Å². The first-order valence-corrected chi connectivity index (χ1v) is 10.6. The lowest BCUT2D eigenvalue weighted by Crippen LogP contribution is -2.53. The Balaban J connectivity index is 0.000000360. The molecule has 3 fully saturated rings. The van der Waals surface area contributed by atoms with Crippen molar-refractivity contribution in [3.05, 3.63) is 29.8 Å². The third-order valence-electron chi connectivity index (χ3n) is 6.30. The lowest BCUT2D eigenvalue weighted by molar-refractivity contribution is -0.192. The maximum atomic E-state index is 13.1. The van der Waals surface area contributed by atoms with Gasteiger partial charge in [0.05, 0.1) is 19.3 Å². The molecule has 10 heteroatoms. The summed E-state index contributed by atoms with van der Waals surface area (Å²) < 4.78 is 42.7. The molecule has 0 bridgehead atoms. The number of aliphatic carboxylic acids is 1. The predicted molar refractivity (Wildman–Crippen MR) is 110 cm³/mol. The number of carbonyl (C=O) groups excluding carboxylic acids is 1. The first kappa shape index (κ1) is 24.3. The molecule has 2 aliphatic heterocycles. The first-order chi connectivity index (χ1) is 15.1. The van der Waals surface area contributed by atoms with E-state index in [0.717, 1.165) is 43.3 Å². The number of methoxy groups -OCH3 is 2. The SMILES string of the molecule is COc1ccc(C(=O)N2CC[C@@H](OC)[C@H]3CN(CC4CC4)C[C@H]32)cc1.O=C(O)C(F)(F)F. The molecule has 4 rings (SSSR count). The number of carbonyl (C=O) groups is 2. The quantitative estimate of drug-likeness (QED) is 0.731. The van der Waals surface area contributed by atoms with Crippen LogP contribution < -0.4 is 4.74 Å². The minimum Gasteiger partial charge on any atom is -0.497 e. The summed E-state index contributed by atoms with van der Waals surface area (Å²) in [5.74, 6) is -0.524. The number of benzene rings is 1. The number of carboxylic acids is 1. The molecule has 1 aromatic rings. The van der Waals surface area contributed by atoms with Crippen LogP contribution in [0.25, 0.3) is 0 Å². The Morgan fingerprint density at radius 1 is 1.09 bits per heavy atom. The number of halogens is 3. The van der Waals surface area contributed by atoms with Gasteiger partial charge in [-0.05, 0) is 49.4 Å². The zero-order valence-electron chi connectivity index (χ0n) is 18.2. The molecule has 0 aromatic heterocycles. The van der Waals surface area contributed by atoms with Crippen molar-refractivity contribution < 1.29 is 37.3 Å². The number of rotatable bonds is 5. The molecule has 0 unspecified atom stereocenters. The molecule has 1 amide bonds. The molecular formula is C22H29F3N2O5. The van der Waals surface area contributed by atoms with Crippen molar-refractivity contribution in [3.63, 3.8) is 0 Å². The second kappa shape index (κ2) is 10.1. The van der Waals surface area contributed by atoms with Gasteiger partial charge in [0, 0.05) is 44.8 Å². The number of likely N-dealkylation sites (tertiary alicyclic amines) is 2. The zero-order valence-corrected chi connectivity index (χ0v) is 18.2. The Morgan fingerprint density at radius 3 is 2.22 bits per heavy atom. The fourth-order valence-corrected chi connectivity index (χ4v) is 4.49. The summed E-state index contributed by atoms with van der Waals surface area (Å²) in [7, 11) is 3.45. The van der Waals surface area contributed by atoms with E-state index in [2.05, 4.69) is 9.80 Å². The molecule has 2 heterocycles. The molecule has 7 nitrogen and oxygen atoms in total. The van der Waals surface area contributed by atoms with Crippen molar-refractivity contribution in [1.82, 2.24) is 9.80 Å². The number of hydrogen-bond donors (Lipinski definition) is 1. The molecule has 2 saturated heterocycles. The summed E-state index contributed by atoms with van der Waals surface area (Å²) in [5.41, 5.74) is 0.746. The van der Waals surface area contributed by atoms with E-state index in [0.29, 0.717) is 5.92 Å². The van der Waals surface area contributed by atoms with E-state index in [1.807, 2.05) is 31.4 Å². The van der Waals surface area contributed by atoms with E-state index in [4.69, 9.17) is 19.4 Å². The highest BCUT2D eigenvalue weighted by Crippen LogP contribution is 2.37. The van der Waals surface area contributed by atoms with Crippen LogP contribution in [-0.4, -0.2) is 85.5 Å². The number of nitrogens with zero attached hydrogens (tertiary/aromatic N) is 2. The minimum absolute atomic E-state index is 0.139. The molecule has 3 atom stereocenters. The number of ether oxygens (including phenoxy) is 2. The van der Waals surface area contributed by atoms with E-state index in [-0.39, 0.29) is 18.1 Å². The highest BCUT2D eigenvalue weighted by atomic mass is 19.4. The van der Waals surface area contributed by atoms with Crippen molar-refractivity contribution in [2.45, 2.75) is 37.6 Å². The Hall–Kier alpha value is -2.33. The van der Waals surface area contributed by atoms with Crippen LogP contribution in [0.2, 0.25) is 0 Å². The average molecular weight is 458 g/mol. The van der Waals surface area contributed by atoms with Gasteiger partial charge in [0.1, 0.15) is 5.75 Å². The Bertz CT molecular complexity index is 798. The maximum absolute atomic E-state index is 13.1. The molecule has 1 N–H and O–H groups in total. The van der Waals surface area contributed by atoms with Crippen molar-refractivity contribution in [2.24, 2.45) is 11.8 Å². The summed E-state index contributed by atoms with van der Waals surface area (Å²) in [6.07, 6.45) is -1.15. The molecular weight excluding hydrogens is 429 g/mol. The van der Waals surface area contributed by atoms with Crippen LogP contribution in [0.4, 0.5) is 13.2 Å². The maximum Gasteiger partial charge on any atom is 0.490 e. The van der Waals surface area contributed by atoms with Gasteiger partial charge in [-0.25, -0.2) is 4.79 Å². The van der Waals surface area contributed by atoms with E-state index in [9.17, 15) is 18.0 Å². The number of piperidine rings is 1. The van der Waals surface area contributed by atoms with Crippen LogP contribution in [0.1, 0.15) is 29.6 Å². The molecule has 0 spiro atoms. The smallest absolute Gasteiger partial charge is 0.490 e. The molecule has 1 aromatic carbocycles.